The fourth-order valence-electron chi connectivity index (χ4n) is 11.0. The Morgan fingerprint density at radius 1 is 0.654 bits per heavy atom. The molecule has 5 heterocycles. The third kappa shape index (κ3) is 10.4. The van der Waals surface area contributed by atoms with Gasteiger partial charge in [0.2, 0.25) is 0 Å². The number of rotatable bonds is 16. The predicted molar refractivity (Wildman–Crippen MR) is 300 cm³/mol. The summed E-state index contributed by atoms with van der Waals surface area (Å²) >= 11 is 6.28. The molecule has 408 valence electrons. The number of hydrogen-bond donors (Lipinski definition) is 2. The average Bonchev–Trinajstić information content (AvgIpc) is 4.09. The third-order valence-corrected chi connectivity index (χ3v) is 22.4. The molecule has 17 nitrogen and oxygen atoms in total. The minimum Gasteiger partial charge on any atom is -0.497 e. The molecule has 0 bridgehead atoms. The van der Waals surface area contributed by atoms with Gasteiger partial charge >= 0.3 is 18.1 Å². The number of aromatic amines is 2. The summed E-state index contributed by atoms with van der Waals surface area (Å²) in [7, 11) is -0.0877. The van der Waals surface area contributed by atoms with Crippen molar-refractivity contribution in [3.8, 4) is 11.5 Å². The molecule has 10 rings (SSSR count). The molecule has 0 amide bonds. The van der Waals surface area contributed by atoms with Crippen LogP contribution in [0.5, 0.6) is 11.5 Å². The first-order chi connectivity index (χ1) is 37.4. The van der Waals surface area contributed by atoms with Crippen molar-refractivity contribution in [1.29, 1.82) is 0 Å². The number of benzene rings is 5. The molecule has 78 heavy (non-hydrogen) atoms. The fraction of sp³-hybridized carbons (Fsp3) is 0.345. The Morgan fingerprint density at radius 3 is 1.59 bits per heavy atom. The zero-order valence-corrected chi connectivity index (χ0v) is 47.1. The Balaban J connectivity index is 1.01. The normalized spacial score (nSPS) is 23.6. The second-order valence-electron chi connectivity index (χ2n) is 20.9. The molecule has 3 saturated heterocycles. The van der Waals surface area contributed by atoms with Gasteiger partial charge in [-0.2, -0.15) is 0 Å². The second kappa shape index (κ2) is 22.1. The van der Waals surface area contributed by atoms with Gasteiger partial charge in [-0.3, -0.25) is 28.7 Å². The van der Waals surface area contributed by atoms with E-state index in [9.17, 15) is 19.2 Å². The molecule has 20 heteroatoms. The van der Waals surface area contributed by atoms with Crippen LogP contribution in [0.15, 0.2) is 171 Å². The lowest BCUT2D eigenvalue weighted by atomic mass is 9.80. The highest BCUT2D eigenvalue weighted by Crippen LogP contribution is 2.59. The SMILES string of the molecule is COc1ccc(C(OC[C@H]2O[C@@H](n3cc(C)c(=O)[nH]c3=O)C[C@@H]2OP2(=S)OCC3(CO2)O[C@@H](n2cc(C)c(=O)[nH]c2=O)C[C@@H]3O[Si](c2ccccc2)(c2ccccc2)C(C)(C)C)(c2ccccc2)c2ccc(OC)cc2)cc1. The van der Waals surface area contributed by atoms with Crippen molar-refractivity contribution < 1.29 is 41.7 Å². The molecule has 3 aliphatic rings. The summed E-state index contributed by atoms with van der Waals surface area (Å²) in [6.45, 7) is 5.57. The number of nitrogens with zero attached hydrogens (tertiary/aromatic N) is 2. The van der Waals surface area contributed by atoms with Crippen LogP contribution in [0.2, 0.25) is 5.04 Å². The molecule has 3 aliphatic heterocycles. The minimum absolute atomic E-state index is 0.0751. The van der Waals surface area contributed by atoms with Crippen LogP contribution in [0.25, 0.3) is 0 Å². The van der Waals surface area contributed by atoms with Crippen molar-refractivity contribution in [2.24, 2.45) is 0 Å². The van der Waals surface area contributed by atoms with Crippen LogP contribution < -0.4 is 42.3 Å². The highest BCUT2D eigenvalue weighted by atomic mass is 32.5. The van der Waals surface area contributed by atoms with Crippen LogP contribution >= 0.6 is 6.72 Å². The second-order valence-corrected chi connectivity index (χ2v) is 28.1. The first kappa shape index (κ1) is 55.0. The molecule has 2 aromatic heterocycles. The van der Waals surface area contributed by atoms with Gasteiger partial charge in [0.05, 0.1) is 46.2 Å². The lowest BCUT2D eigenvalue weighted by molar-refractivity contribution is -0.161. The monoisotopic (exact) mass is 1110 g/mol. The molecule has 2 N–H and O–H groups in total. The van der Waals surface area contributed by atoms with Crippen LogP contribution in [-0.4, -0.2) is 85.4 Å². The topological polar surface area (TPSA) is 193 Å². The summed E-state index contributed by atoms with van der Waals surface area (Å²) in [6, 6.07) is 45.4. The number of hydrogen-bond acceptors (Lipinski definition) is 14. The molecule has 0 aliphatic carbocycles. The Bertz CT molecular complexity index is 3440. The van der Waals surface area contributed by atoms with E-state index >= 15 is 0 Å². The van der Waals surface area contributed by atoms with E-state index in [0.717, 1.165) is 27.1 Å². The lowest BCUT2D eigenvalue weighted by Crippen LogP contribution is -2.69. The Kier molecular flexibility index (Phi) is 15.5. The van der Waals surface area contributed by atoms with E-state index in [1.807, 2.05) is 115 Å². The molecule has 0 radical (unpaired) electrons. The van der Waals surface area contributed by atoms with Crippen LogP contribution in [0.1, 0.15) is 73.9 Å². The summed E-state index contributed by atoms with van der Waals surface area (Å²) in [5.74, 6) is 1.31. The van der Waals surface area contributed by atoms with Gasteiger partial charge in [-0.15, -0.1) is 0 Å². The Morgan fingerprint density at radius 2 is 1.12 bits per heavy atom. The van der Waals surface area contributed by atoms with Gasteiger partial charge in [0.15, 0.2) is 0 Å². The molecule has 0 saturated carbocycles. The van der Waals surface area contributed by atoms with Gasteiger partial charge in [-0.05, 0) is 82.0 Å². The third-order valence-electron chi connectivity index (χ3n) is 15.0. The highest BCUT2D eigenvalue weighted by molar-refractivity contribution is 8.07. The fourth-order valence-corrected chi connectivity index (χ4v) is 17.9. The Hall–Kier alpha value is -6.35. The summed E-state index contributed by atoms with van der Waals surface area (Å²) in [5.41, 5.74) is -1.94. The van der Waals surface area contributed by atoms with Crippen LogP contribution in [0.3, 0.4) is 0 Å². The van der Waals surface area contributed by atoms with Gasteiger partial charge < -0.3 is 41.7 Å². The summed E-state index contributed by atoms with van der Waals surface area (Å²) in [4.78, 5) is 57.2. The molecular weight excluding hydrogens is 1050 g/mol. The first-order valence-electron chi connectivity index (χ1n) is 25.7. The van der Waals surface area contributed by atoms with E-state index < -0.39 is 84.5 Å². The van der Waals surface area contributed by atoms with Crippen LogP contribution in [0.4, 0.5) is 0 Å². The number of aryl methyl sites for hydroxylation is 2. The smallest absolute Gasteiger partial charge is 0.330 e. The molecule has 1 spiro atoms. The number of ether oxygens (including phenoxy) is 5. The van der Waals surface area contributed by atoms with Gasteiger partial charge in [-0.1, -0.05) is 136 Å². The molecule has 5 aromatic carbocycles. The largest absolute Gasteiger partial charge is 0.497 e. The summed E-state index contributed by atoms with van der Waals surface area (Å²) in [6.07, 6.45) is -1.22. The standard InChI is InChI=1S/C58H63N4O13PSSi/c1-38-33-61(54(65)59-52(38)63)50-31-47(48(72-50)35-69-58(40-17-11-8-12-18-40,41-23-27-43(67-6)28-24-41)42-25-29-44(68-7)30-26-42)74-76(77)70-36-57(37-71-76)49(32-51(73-57)62-34-39(2)53(64)60-55(62)66)75-78(56(3,4)5,45-19-13-9-14-20-45)46-21-15-10-16-22-46/h8-30,33-34,47-51H,31-32,35-37H2,1-7H3,(H,59,63,65)(H,60,64,66)/t47-,48+,49-,50+,51+,57?,76?/m0/s1. The first-order valence-corrected chi connectivity index (χ1v) is 30.2. The van der Waals surface area contributed by atoms with E-state index in [2.05, 4.69) is 55.0 Å². The molecule has 0 unspecified atom stereocenters. The van der Waals surface area contributed by atoms with Crippen LogP contribution in [-0.2, 0) is 49.6 Å². The maximum atomic E-state index is 13.6. The zero-order chi connectivity index (χ0) is 55.0. The van der Waals surface area contributed by atoms with E-state index in [-0.39, 0.29) is 32.7 Å². The van der Waals surface area contributed by atoms with Gasteiger partial charge in [-0.25, -0.2) is 9.59 Å². The number of nitrogens with one attached hydrogen (secondary N) is 2. The molecule has 5 atom stereocenters. The van der Waals surface area contributed by atoms with E-state index in [1.165, 1.54) is 21.5 Å². The van der Waals surface area contributed by atoms with Crippen molar-refractivity contribution in [2.75, 3.05) is 34.0 Å². The van der Waals surface area contributed by atoms with E-state index in [0.29, 0.717) is 22.6 Å². The minimum atomic E-state index is -3.74. The van der Waals surface area contributed by atoms with Crippen LogP contribution in [0, 0.1) is 13.8 Å². The Labute approximate surface area is 457 Å². The molecular formula is C58H63N4O13PSSi. The maximum absolute atomic E-state index is 13.6. The highest BCUT2D eigenvalue weighted by Gasteiger charge is 2.61. The lowest BCUT2D eigenvalue weighted by Gasteiger charge is -2.48. The predicted octanol–water partition coefficient (Wildman–Crippen LogP) is 7.28. The molecule has 7 aromatic rings. The van der Waals surface area contributed by atoms with Crippen molar-refractivity contribution in [3.63, 3.8) is 0 Å². The van der Waals surface area contributed by atoms with Gasteiger partial charge in [0.25, 0.3) is 19.4 Å². The van der Waals surface area contributed by atoms with Gasteiger partial charge in [0, 0.05) is 36.4 Å². The number of aromatic nitrogens is 4. The average molecular weight is 1120 g/mol. The molecule has 3 fully saturated rings. The zero-order valence-electron chi connectivity index (χ0n) is 44.4. The van der Waals surface area contributed by atoms with E-state index in [1.54, 1.807) is 28.1 Å². The van der Waals surface area contributed by atoms with Crippen molar-refractivity contribution >= 4 is 37.2 Å². The number of H-pyrrole nitrogens is 2. The van der Waals surface area contributed by atoms with Crippen molar-refractivity contribution in [3.05, 3.63) is 221 Å². The quantitative estimate of drug-likeness (QED) is 0.0557. The summed E-state index contributed by atoms with van der Waals surface area (Å²) in [5, 5.41) is 1.61. The van der Waals surface area contributed by atoms with Crippen molar-refractivity contribution in [2.45, 2.75) is 94.5 Å². The van der Waals surface area contributed by atoms with E-state index in [4.69, 9.17) is 53.5 Å². The number of methoxy groups -OCH3 is 2. The summed E-state index contributed by atoms with van der Waals surface area (Å²) < 4.78 is 63.1. The van der Waals surface area contributed by atoms with Crippen molar-refractivity contribution in [1.82, 2.24) is 19.1 Å². The van der Waals surface area contributed by atoms with Gasteiger partial charge in [0.1, 0.15) is 41.3 Å². The maximum Gasteiger partial charge on any atom is 0.330 e.